The van der Waals surface area contributed by atoms with Crippen molar-refractivity contribution in [2.45, 2.75) is 18.9 Å². The minimum Gasteiger partial charge on any atom is -0.462 e. The molecule has 0 aliphatic carbocycles. The summed E-state index contributed by atoms with van der Waals surface area (Å²) in [5.74, 6) is -2.68. The zero-order valence-electron chi connectivity index (χ0n) is 12.0. The van der Waals surface area contributed by atoms with Crippen LogP contribution < -0.4 is 0 Å². The van der Waals surface area contributed by atoms with Gasteiger partial charge in [0.25, 0.3) is 10.1 Å². The lowest BCUT2D eigenvalue weighted by atomic mass is 9.95. The molecule has 0 fully saturated rings. The first kappa shape index (κ1) is 18.5. The lowest BCUT2D eigenvalue weighted by molar-refractivity contribution is -0.154. The summed E-state index contributed by atoms with van der Waals surface area (Å²) >= 11 is 0. The number of aliphatic hydroxyl groups is 1. The molecule has 1 aromatic rings. The predicted molar refractivity (Wildman–Crippen MR) is 72.3 cm³/mol. The van der Waals surface area contributed by atoms with Crippen LogP contribution >= 0.6 is 0 Å². The summed E-state index contributed by atoms with van der Waals surface area (Å²) in [6.45, 7) is -0.115. The molecule has 0 amide bonds. The van der Waals surface area contributed by atoms with E-state index in [4.69, 9.17) is 4.74 Å². The molecule has 1 atom stereocenters. The molecule has 0 saturated carbocycles. The predicted octanol–water partition coefficient (Wildman–Crippen LogP) is 1.08. The molecule has 0 heterocycles. The molecule has 124 valence electrons. The summed E-state index contributed by atoms with van der Waals surface area (Å²) in [4.78, 5) is 11.2. The van der Waals surface area contributed by atoms with Crippen molar-refractivity contribution in [2.75, 3.05) is 19.5 Å². The second-order valence-electron chi connectivity index (χ2n) is 4.64. The smallest absolute Gasteiger partial charge is 0.305 e. The molecule has 0 aromatic heterocycles. The summed E-state index contributed by atoms with van der Waals surface area (Å²) in [7, 11) is -3.93. The van der Waals surface area contributed by atoms with Crippen LogP contribution in [0, 0.1) is 11.6 Å². The van der Waals surface area contributed by atoms with Gasteiger partial charge in [-0.3, -0.25) is 8.98 Å². The number of hydrogen-bond donors (Lipinski definition) is 1. The van der Waals surface area contributed by atoms with Gasteiger partial charge < -0.3 is 9.84 Å². The van der Waals surface area contributed by atoms with E-state index in [-0.39, 0.29) is 6.42 Å². The van der Waals surface area contributed by atoms with Crippen molar-refractivity contribution < 1.29 is 36.0 Å². The fourth-order valence-corrected chi connectivity index (χ4v) is 1.98. The summed E-state index contributed by atoms with van der Waals surface area (Å²) < 4.78 is 58.1. The van der Waals surface area contributed by atoms with Gasteiger partial charge in [-0.15, -0.1) is 0 Å². The van der Waals surface area contributed by atoms with Crippen LogP contribution in [0.25, 0.3) is 0 Å². The van der Waals surface area contributed by atoms with Crippen LogP contribution in [0.15, 0.2) is 18.2 Å². The molecule has 1 N–H and O–H groups in total. The second kappa shape index (κ2) is 7.12. The Bertz CT molecular complexity index is 646. The first-order valence-electron chi connectivity index (χ1n) is 6.25. The minimum absolute atomic E-state index is 0.00884. The highest BCUT2D eigenvalue weighted by Crippen LogP contribution is 2.26. The molecule has 0 radical (unpaired) electrons. The third-order valence-corrected chi connectivity index (χ3v) is 3.25. The van der Waals surface area contributed by atoms with Gasteiger partial charge in [-0.25, -0.2) is 8.78 Å². The first-order chi connectivity index (χ1) is 10.1. The molecule has 1 unspecified atom stereocenters. The molecule has 0 saturated heterocycles. The Labute approximate surface area is 126 Å². The van der Waals surface area contributed by atoms with Gasteiger partial charge in [-0.05, 0) is 6.07 Å². The SMILES string of the molecule is CCC(=O)OCC(O)(COS(C)(=O)=O)c1ccc(F)cc1F. The molecule has 9 heteroatoms. The van der Waals surface area contributed by atoms with Gasteiger partial charge in [-0.1, -0.05) is 13.0 Å². The molecule has 1 rings (SSSR count). The highest BCUT2D eigenvalue weighted by Gasteiger charge is 2.36. The van der Waals surface area contributed by atoms with Gasteiger partial charge in [0.05, 0.1) is 6.26 Å². The topological polar surface area (TPSA) is 89.9 Å². The average molecular weight is 338 g/mol. The number of carbonyl (C=O) groups excluding carboxylic acids is 1. The van der Waals surface area contributed by atoms with Crippen LogP contribution in [0.3, 0.4) is 0 Å². The van der Waals surface area contributed by atoms with E-state index in [1.165, 1.54) is 6.92 Å². The third-order valence-electron chi connectivity index (χ3n) is 2.70. The van der Waals surface area contributed by atoms with Crippen molar-refractivity contribution in [3.63, 3.8) is 0 Å². The fourth-order valence-electron chi connectivity index (χ4n) is 1.57. The van der Waals surface area contributed by atoms with E-state index in [0.29, 0.717) is 6.07 Å². The largest absolute Gasteiger partial charge is 0.462 e. The normalized spacial score (nSPS) is 14.4. The van der Waals surface area contributed by atoms with Crippen LogP contribution in [0.4, 0.5) is 8.78 Å². The zero-order valence-corrected chi connectivity index (χ0v) is 12.8. The van der Waals surface area contributed by atoms with Crippen molar-refractivity contribution in [3.05, 3.63) is 35.4 Å². The maximum atomic E-state index is 13.8. The lowest BCUT2D eigenvalue weighted by Gasteiger charge is -2.27. The number of ether oxygens (including phenoxy) is 1. The first-order valence-corrected chi connectivity index (χ1v) is 8.07. The van der Waals surface area contributed by atoms with E-state index >= 15 is 0 Å². The molecule has 1 aromatic carbocycles. The van der Waals surface area contributed by atoms with E-state index in [9.17, 15) is 27.1 Å². The fraction of sp³-hybridized carbons (Fsp3) is 0.462. The Hall–Kier alpha value is -1.58. The van der Waals surface area contributed by atoms with Crippen LogP contribution in [-0.4, -0.2) is 39.0 Å². The Morgan fingerprint density at radius 1 is 1.32 bits per heavy atom. The molecule has 6 nitrogen and oxygen atoms in total. The number of hydrogen-bond acceptors (Lipinski definition) is 6. The Morgan fingerprint density at radius 3 is 2.45 bits per heavy atom. The maximum absolute atomic E-state index is 13.8. The average Bonchev–Trinajstić information content (AvgIpc) is 2.41. The van der Waals surface area contributed by atoms with Crippen LogP contribution in [-0.2, 0) is 29.4 Å². The molecule has 0 aliphatic heterocycles. The Morgan fingerprint density at radius 2 is 1.95 bits per heavy atom. The Balaban J connectivity index is 3.10. The van der Waals surface area contributed by atoms with Crippen LogP contribution in [0.2, 0.25) is 0 Å². The highest BCUT2D eigenvalue weighted by molar-refractivity contribution is 7.85. The van der Waals surface area contributed by atoms with Gasteiger partial charge in [0.1, 0.15) is 24.8 Å². The van der Waals surface area contributed by atoms with Crippen molar-refractivity contribution >= 4 is 16.1 Å². The number of halogens is 2. The van der Waals surface area contributed by atoms with Crippen LogP contribution in [0.1, 0.15) is 18.9 Å². The molecule has 0 aliphatic rings. The summed E-state index contributed by atoms with van der Waals surface area (Å²) in [5.41, 5.74) is -2.72. The second-order valence-corrected chi connectivity index (χ2v) is 6.28. The minimum atomic E-state index is -3.93. The van der Waals surface area contributed by atoms with Gasteiger partial charge in [-0.2, -0.15) is 8.42 Å². The zero-order chi connectivity index (χ0) is 17.0. The van der Waals surface area contributed by atoms with Crippen LogP contribution in [0.5, 0.6) is 0 Å². The maximum Gasteiger partial charge on any atom is 0.305 e. The standard InChI is InChI=1S/C13H16F2O6S/c1-3-12(16)20-7-13(17,8-21-22(2,18)19)10-5-4-9(14)6-11(10)15/h4-6,17H,3,7-8H2,1-2H3. The quantitative estimate of drug-likeness (QED) is 0.591. The summed E-state index contributed by atoms with van der Waals surface area (Å²) in [6.07, 6.45) is 0.751. The van der Waals surface area contributed by atoms with E-state index < -0.39 is 52.1 Å². The monoisotopic (exact) mass is 338 g/mol. The van der Waals surface area contributed by atoms with E-state index in [1.807, 2.05) is 0 Å². The summed E-state index contributed by atoms with van der Waals surface area (Å²) in [6, 6.07) is 2.32. The van der Waals surface area contributed by atoms with Gasteiger partial charge in [0.15, 0.2) is 5.60 Å². The Kier molecular flexibility index (Phi) is 5.98. The van der Waals surface area contributed by atoms with Crippen molar-refractivity contribution in [3.8, 4) is 0 Å². The molecule has 22 heavy (non-hydrogen) atoms. The van der Waals surface area contributed by atoms with Gasteiger partial charge in [0, 0.05) is 18.1 Å². The molecule has 0 bridgehead atoms. The number of carbonyl (C=O) groups is 1. The third kappa shape index (κ3) is 5.32. The van der Waals surface area contributed by atoms with Gasteiger partial charge in [0.2, 0.25) is 0 Å². The van der Waals surface area contributed by atoms with E-state index in [0.717, 1.165) is 18.4 Å². The molecule has 0 spiro atoms. The number of esters is 1. The number of benzene rings is 1. The van der Waals surface area contributed by atoms with E-state index in [2.05, 4.69) is 4.18 Å². The van der Waals surface area contributed by atoms with Crippen molar-refractivity contribution in [1.29, 1.82) is 0 Å². The number of rotatable bonds is 7. The van der Waals surface area contributed by atoms with Gasteiger partial charge >= 0.3 is 5.97 Å². The van der Waals surface area contributed by atoms with Crippen molar-refractivity contribution in [2.24, 2.45) is 0 Å². The van der Waals surface area contributed by atoms with E-state index in [1.54, 1.807) is 0 Å². The summed E-state index contributed by atoms with van der Waals surface area (Å²) in [5, 5.41) is 10.4. The molecular formula is C13H16F2O6S. The molecular weight excluding hydrogens is 322 g/mol. The lowest BCUT2D eigenvalue weighted by Crippen LogP contribution is -2.39. The van der Waals surface area contributed by atoms with Crippen molar-refractivity contribution in [1.82, 2.24) is 0 Å². The highest BCUT2D eigenvalue weighted by atomic mass is 32.2.